The molecule has 32 heavy (non-hydrogen) atoms. The van der Waals surface area contributed by atoms with E-state index in [1.165, 1.54) is 56.5 Å². The summed E-state index contributed by atoms with van der Waals surface area (Å²) in [4.78, 5) is 46.4. The van der Waals surface area contributed by atoms with Gasteiger partial charge in [0.05, 0.1) is 30.3 Å². The second-order valence-corrected chi connectivity index (χ2v) is 6.11. The van der Waals surface area contributed by atoms with Gasteiger partial charge in [-0.25, -0.2) is 9.59 Å². The second kappa shape index (κ2) is 10.4. The summed E-state index contributed by atoms with van der Waals surface area (Å²) in [5, 5.41) is 30.5. The number of aliphatic hydroxyl groups excluding tert-OH is 1. The topological polar surface area (TPSA) is 170 Å². The minimum Gasteiger partial charge on any atom is -0.510 e. The molecule has 0 aromatic heterocycles. The number of ether oxygens (including phenoxy) is 2. The fourth-order valence-electron chi connectivity index (χ4n) is 2.38. The van der Waals surface area contributed by atoms with Crippen LogP contribution >= 0.6 is 0 Å². The van der Waals surface area contributed by atoms with Crippen LogP contribution in [-0.2, 0) is 14.3 Å². The summed E-state index contributed by atoms with van der Waals surface area (Å²) in [6.45, 7) is 1.19. The van der Waals surface area contributed by atoms with E-state index in [1.54, 1.807) is 0 Å². The number of hydrogen-bond donors (Lipinski definition) is 2. The molecule has 2 rings (SSSR count). The number of azo groups is 1. The molecule has 2 aromatic carbocycles. The molecule has 2 aromatic rings. The molecular formula is C20H18N4O8. The Labute approximate surface area is 181 Å². The van der Waals surface area contributed by atoms with E-state index in [4.69, 9.17) is 0 Å². The molecule has 0 aliphatic heterocycles. The van der Waals surface area contributed by atoms with Crippen molar-refractivity contribution in [2.75, 3.05) is 19.5 Å². The van der Waals surface area contributed by atoms with E-state index >= 15 is 0 Å². The SMILES string of the molecule is COC(=O)c1ccc(C(=O)OC)c(N=NC(C(=O)Nc2ccc([N+](=O)[O-])cc2)=C(C)O)c1. The third-order valence-electron chi connectivity index (χ3n) is 3.98. The van der Waals surface area contributed by atoms with Crippen molar-refractivity contribution in [3.63, 3.8) is 0 Å². The fourth-order valence-corrected chi connectivity index (χ4v) is 2.38. The highest BCUT2D eigenvalue weighted by Gasteiger charge is 2.18. The molecule has 0 aliphatic carbocycles. The molecule has 0 radical (unpaired) electrons. The fraction of sp³-hybridized carbons (Fsp3) is 0.150. The number of esters is 2. The number of benzene rings is 2. The molecule has 0 unspecified atom stereocenters. The van der Waals surface area contributed by atoms with Gasteiger partial charge in [-0.05, 0) is 37.3 Å². The van der Waals surface area contributed by atoms with E-state index in [-0.39, 0.29) is 28.2 Å². The van der Waals surface area contributed by atoms with Crippen LogP contribution in [0.2, 0.25) is 0 Å². The third-order valence-corrected chi connectivity index (χ3v) is 3.98. The average molecular weight is 442 g/mol. The van der Waals surface area contributed by atoms with Gasteiger partial charge in [-0.1, -0.05) is 0 Å². The molecule has 1 amide bonds. The van der Waals surface area contributed by atoms with Crippen LogP contribution in [0.15, 0.2) is 64.1 Å². The highest BCUT2D eigenvalue weighted by Crippen LogP contribution is 2.25. The zero-order chi connectivity index (χ0) is 23.8. The second-order valence-electron chi connectivity index (χ2n) is 6.11. The summed E-state index contributed by atoms with van der Waals surface area (Å²) in [6, 6.07) is 8.78. The number of nitrogens with one attached hydrogen (secondary N) is 1. The Balaban J connectivity index is 2.36. The van der Waals surface area contributed by atoms with Crippen LogP contribution in [-0.4, -0.2) is 42.1 Å². The Morgan fingerprint density at radius 3 is 2.19 bits per heavy atom. The van der Waals surface area contributed by atoms with Crippen LogP contribution in [0.1, 0.15) is 27.6 Å². The van der Waals surface area contributed by atoms with Gasteiger partial charge in [-0.15, -0.1) is 10.2 Å². The van der Waals surface area contributed by atoms with Crippen molar-refractivity contribution >= 4 is 34.9 Å². The maximum absolute atomic E-state index is 12.5. The first-order valence-corrected chi connectivity index (χ1v) is 8.86. The van der Waals surface area contributed by atoms with E-state index < -0.39 is 34.2 Å². The molecule has 0 fully saturated rings. The summed E-state index contributed by atoms with van der Waals surface area (Å²) in [6.07, 6.45) is 0. The van der Waals surface area contributed by atoms with Crippen molar-refractivity contribution in [2.45, 2.75) is 6.92 Å². The number of anilines is 1. The van der Waals surface area contributed by atoms with Gasteiger partial charge < -0.3 is 19.9 Å². The minimum absolute atomic E-state index is 0.0466. The maximum atomic E-state index is 12.5. The molecule has 0 atom stereocenters. The Morgan fingerprint density at radius 1 is 1.03 bits per heavy atom. The molecule has 12 heteroatoms. The summed E-state index contributed by atoms with van der Waals surface area (Å²) in [5.74, 6) is -2.82. The van der Waals surface area contributed by atoms with Crippen LogP contribution in [0.3, 0.4) is 0 Å². The highest BCUT2D eigenvalue weighted by atomic mass is 16.6. The number of hydrogen-bond acceptors (Lipinski definition) is 10. The van der Waals surface area contributed by atoms with Gasteiger partial charge in [-0.3, -0.25) is 14.9 Å². The largest absolute Gasteiger partial charge is 0.510 e. The molecule has 0 saturated heterocycles. The standard InChI is InChI=1S/C20H18N4O8/c1-11(25)17(18(26)21-13-5-7-14(8-6-13)24(29)30)23-22-16-10-12(19(27)31-2)4-9-15(16)20(28)32-3/h4-10,25H,1-3H3,(H,21,26). The predicted octanol–water partition coefficient (Wildman–Crippen LogP) is 3.68. The number of amides is 1. The number of methoxy groups -OCH3 is 2. The highest BCUT2D eigenvalue weighted by molar-refractivity contribution is 6.04. The van der Waals surface area contributed by atoms with E-state index in [9.17, 15) is 29.6 Å². The zero-order valence-electron chi connectivity index (χ0n) is 17.2. The van der Waals surface area contributed by atoms with Gasteiger partial charge in [0.2, 0.25) is 0 Å². The van der Waals surface area contributed by atoms with Crippen LogP contribution in [0.4, 0.5) is 17.1 Å². The number of nitrogens with zero attached hydrogens (tertiary/aromatic N) is 3. The molecule has 0 bridgehead atoms. The zero-order valence-corrected chi connectivity index (χ0v) is 17.2. The van der Waals surface area contributed by atoms with Crippen LogP contribution in [0, 0.1) is 10.1 Å². The number of aliphatic hydroxyl groups is 1. The first-order valence-electron chi connectivity index (χ1n) is 8.86. The number of carbonyl (C=O) groups excluding carboxylic acids is 3. The number of rotatable bonds is 7. The molecule has 0 heterocycles. The molecule has 0 aliphatic rings. The van der Waals surface area contributed by atoms with Gasteiger partial charge in [0.1, 0.15) is 11.4 Å². The summed E-state index contributed by atoms with van der Waals surface area (Å²) in [5.41, 5.74) is -0.551. The molecule has 12 nitrogen and oxygen atoms in total. The smallest absolute Gasteiger partial charge is 0.340 e. The lowest BCUT2D eigenvalue weighted by atomic mass is 10.1. The Hall–Kier alpha value is -4.61. The molecule has 166 valence electrons. The lowest BCUT2D eigenvalue weighted by Gasteiger charge is -2.07. The number of allylic oxidation sites excluding steroid dienone is 1. The van der Waals surface area contributed by atoms with Gasteiger partial charge >= 0.3 is 11.9 Å². The first kappa shape index (κ1) is 23.7. The van der Waals surface area contributed by atoms with Crippen LogP contribution in [0.5, 0.6) is 0 Å². The third kappa shape index (κ3) is 5.72. The van der Waals surface area contributed by atoms with Crippen molar-refractivity contribution in [3.8, 4) is 0 Å². The minimum atomic E-state index is -0.869. The van der Waals surface area contributed by atoms with E-state index in [1.807, 2.05) is 0 Å². The maximum Gasteiger partial charge on any atom is 0.340 e. The number of nitro groups is 1. The quantitative estimate of drug-likeness (QED) is 0.163. The first-order chi connectivity index (χ1) is 15.2. The summed E-state index contributed by atoms with van der Waals surface area (Å²) < 4.78 is 9.29. The summed E-state index contributed by atoms with van der Waals surface area (Å²) in [7, 11) is 2.33. The van der Waals surface area contributed by atoms with Gasteiger partial charge in [0, 0.05) is 17.8 Å². The Kier molecular flexibility index (Phi) is 7.71. The average Bonchev–Trinajstić information content (AvgIpc) is 2.78. The molecule has 2 N–H and O–H groups in total. The van der Waals surface area contributed by atoms with Crippen molar-refractivity contribution in [3.05, 3.63) is 75.2 Å². The number of carbonyl (C=O) groups is 3. The van der Waals surface area contributed by atoms with Gasteiger partial charge in [0.25, 0.3) is 11.6 Å². The monoisotopic (exact) mass is 442 g/mol. The molecule has 0 spiro atoms. The number of nitro benzene ring substituents is 1. The van der Waals surface area contributed by atoms with Gasteiger partial charge in [0.15, 0.2) is 5.70 Å². The van der Waals surface area contributed by atoms with Crippen molar-refractivity contribution in [1.82, 2.24) is 0 Å². The Bertz CT molecular complexity index is 1120. The van der Waals surface area contributed by atoms with Crippen LogP contribution in [0.25, 0.3) is 0 Å². The van der Waals surface area contributed by atoms with Crippen molar-refractivity contribution < 1.29 is 33.9 Å². The number of non-ortho nitro benzene ring substituents is 1. The normalized spacial score (nSPS) is 11.5. The Morgan fingerprint density at radius 2 is 1.66 bits per heavy atom. The van der Waals surface area contributed by atoms with E-state index in [0.717, 1.165) is 7.11 Å². The van der Waals surface area contributed by atoms with E-state index in [2.05, 4.69) is 25.0 Å². The summed E-state index contributed by atoms with van der Waals surface area (Å²) >= 11 is 0. The van der Waals surface area contributed by atoms with Gasteiger partial charge in [-0.2, -0.15) is 0 Å². The van der Waals surface area contributed by atoms with Crippen molar-refractivity contribution in [1.29, 1.82) is 0 Å². The van der Waals surface area contributed by atoms with E-state index in [0.29, 0.717) is 0 Å². The molecular weight excluding hydrogens is 424 g/mol. The lowest BCUT2D eigenvalue weighted by molar-refractivity contribution is -0.384. The van der Waals surface area contributed by atoms with Crippen LogP contribution < -0.4 is 5.32 Å². The predicted molar refractivity (Wildman–Crippen MR) is 111 cm³/mol. The van der Waals surface area contributed by atoms with Crippen molar-refractivity contribution in [2.24, 2.45) is 10.2 Å². The lowest BCUT2D eigenvalue weighted by Crippen LogP contribution is -2.14. The molecule has 0 saturated carbocycles.